The Morgan fingerprint density at radius 2 is 2.00 bits per heavy atom. The maximum Gasteiger partial charge on any atom is 0.228 e. The molecule has 1 N–H and O–H groups in total. The molecule has 0 radical (unpaired) electrons. The zero-order valence-electron chi connectivity index (χ0n) is 11.7. The summed E-state index contributed by atoms with van der Waals surface area (Å²) in [5.74, 6) is 0.210. The zero-order valence-corrected chi connectivity index (χ0v) is 11.7. The molecule has 1 fully saturated rings. The Kier molecular flexibility index (Phi) is 3.44. The number of amides is 1. The molecule has 1 amide bonds. The second kappa shape index (κ2) is 4.73. The fourth-order valence-corrected chi connectivity index (χ4v) is 2.41. The fraction of sp³-hybridized carbons (Fsp3) is 0.533. The summed E-state index contributed by atoms with van der Waals surface area (Å²) in [4.78, 5) is 14.2. The van der Waals surface area contributed by atoms with Crippen molar-refractivity contribution in [1.82, 2.24) is 5.32 Å². The van der Waals surface area contributed by atoms with Gasteiger partial charge < -0.3 is 10.2 Å². The molecule has 1 aromatic rings. The highest BCUT2D eigenvalue weighted by atomic mass is 16.2. The molecule has 0 aliphatic carbocycles. The van der Waals surface area contributed by atoms with E-state index in [-0.39, 0.29) is 11.4 Å². The monoisotopic (exact) mass is 246 g/mol. The Morgan fingerprint density at radius 1 is 1.28 bits per heavy atom. The smallest absolute Gasteiger partial charge is 0.228 e. The molecule has 1 aromatic carbocycles. The van der Waals surface area contributed by atoms with E-state index in [0.717, 1.165) is 24.3 Å². The highest BCUT2D eigenvalue weighted by Crippen LogP contribution is 2.25. The van der Waals surface area contributed by atoms with Crippen molar-refractivity contribution in [3.63, 3.8) is 0 Å². The number of carbonyl (C=O) groups excluding carboxylic acids is 1. The second-order valence-corrected chi connectivity index (χ2v) is 5.83. The first kappa shape index (κ1) is 13.1. The number of hydrogen-bond donors (Lipinski definition) is 1. The topological polar surface area (TPSA) is 32.3 Å². The van der Waals surface area contributed by atoms with Crippen LogP contribution in [0.2, 0.25) is 0 Å². The van der Waals surface area contributed by atoms with E-state index in [1.54, 1.807) is 0 Å². The molecule has 1 heterocycles. The Balaban J connectivity index is 2.39. The summed E-state index contributed by atoms with van der Waals surface area (Å²) >= 11 is 0. The lowest BCUT2D eigenvalue weighted by Gasteiger charge is -2.31. The van der Waals surface area contributed by atoms with Crippen LogP contribution in [0.3, 0.4) is 0 Å². The minimum Gasteiger partial charge on any atom is -0.310 e. The van der Waals surface area contributed by atoms with Gasteiger partial charge in [-0.25, -0.2) is 0 Å². The summed E-state index contributed by atoms with van der Waals surface area (Å²) in [6.45, 7) is 9.89. The van der Waals surface area contributed by atoms with Gasteiger partial charge in [0.2, 0.25) is 5.91 Å². The first-order valence-corrected chi connectivity index (χ1v) is 6.52. The van der Waals surface area contributed by atoms with Gasteiger partial charge in [0, 0.05) is 30.7 Å². The molecule has 0 bridgehead atoms. The van der Waals surface area contributed by atoms with Gasteiger partial charge in [-0.1, -0.05) is 12.1 Å². The van der Waals surface area contributed by atoms with E-state index in [2.05, 4.69) is 51.2 Å². The molecule has 0 unspecified atom stereocenters. The number of nitrogens with zero attached hydrogens (tertiary/aromatic N) is 1. The van der Waals surface area contributed by atoms with Gasteiger partial charge in [0.15, 0.2) is 0 Å². The van der Waals surface area contributed by atoms with Crippen LogP contribution in [0.5, 0.6) is 0 Å². The fourth-order valence-electron chi connectivity index (χ4n) is 2.41. The average molecular weight is 246 g/mol. The Bertz CT molecular complexity index is 466. The summed E-state index contributed by atoms with van der Waals surface area (Å²) in [6, 6.07) is 6.28. The number of anilines is 1. The molecular weight excluding hydrogens is 224 g/mol. The number of nitrogens with one attached hydrogen (secondary N) is 1. The summed E-state index contributed by atoms with van der Waals surface area (Å²) in [6.07, 6.45) is 0.566. The van der Waals surface area contributed by atoms with Crippen LogP contribution in [0, 0.1) is 13.8 Å². The van der Waals surface area contributed by atoms with Crippen molar-refractivity contribution < 1.29 is 4.79 Å². The van der Waals surface area contributed by atoms with Crippen LogP contribution in [-0.4, -0.2) is 24.5 Å². The molecule has 1 saturated heterocycles. The van der Waals surface area contributed by atoms with Gasteiger partial charge in [-0.15, -0.1) is 0 Å². The van der Waals surface area contributed by atoms with E-state index < -0.39 is 0 Å². The number of benzene rings is 1. The predicted molar refractivity (Wildman–Crippen MR) is 75.0 cm³/mol. The van der Waals surface area contributed by atoms with Crippen molar-refractivity contribution in [1.29, 1.82) is 0 Å². The van der Waals surface area contributed by atoms with Crippen molar-refractivity contribution in [2.75, 3.05) is 18.0 Å². The van der Waals surface area contributed by atoms with E-state index in [9.17, 15) is 4.79 Å². The minimum atomic E-state index is -0.0393. The van der Waals surface area contributed by atoms with Crippen molar-refractivity contribution >= 4 is 11.6 Å². The third-order valence-electron chi connectivity index (χ3n) is 3.45. The zero-order chi connectivity index (χ0) is 13.3. The first-order valence-electron chi connectivity index (χ1n) is 6.52. The highest BCUT2D eigenvalue weighted by molar-refractivity contribution is 5.94. The molecule has 1 aliphatic heterocycles. The molecule has 0 atom stereocenters. The Hall–Kier alpha value is -1.35. The van der Waals surface area contributed by atoms with Gasteiger partial charge in [0.25, 0.3) is 0 Å². The van der Waals surface area contributed by atoms with E-state index >= 15 is 0 Å². The van der Waals surface area contributed by atoms with Gasteiger partial charge in [-0.2, -0.15) is 0 Å². The first-order chi connectivity index (χ1) is 8.39. The summed E-state index contributed by atoms with van der Waals surface area (Å²) in [5, 5.41) is 3.42. The van der Waals surface area contributed by atoms with Crippen LogP contribution in [0.25, 0.3) is 0 Å². The Morgan fingerprint density at radius 3 is 2.72 bits per heavy atom. The number of carbonyl (C=O) groups is 1. The molecule has 0 aromatic heterocycles. The third-order valence-corrected chi connectivity index (χ3v) is 3.45. The summed E-state index contributed by atoms with van der Waals surface area (Å²) in [7, 11) is 0. The molecule has 2 rings (SSSR count). The average Bonchev–Trinajstić information content (AvgIpc) is 2.41. The Labute approximate surface area is 109 Å². The largest absolute Gasteiger partial charge is 0.310 e. The van der Waals surface area contributed by atoms with E-state index in [0.29, 0.717) is 6.42 Å². The quantitative estimate of drug-likeness (QED) is 0.825. The van der Waals surface area contributed by atoms with Crippen LogP contribution in [0.4, 0.5) is 5.69 Å². The number of aryl methyl sites for hydroxylation is 2. The van der Waals surface area contributed by atoms with Crippen molar-refractivity contribution in [3.05, 3.63) is 29.3 Å². The van der Waals surface area contributed by atoms with Gasteiger partial charge in [0.1, 0.15) is 0 Å². The van der Waals surface area contributed by atoms with Gasteiger partial charge in [-0.05, 0) is 44.9 Å². The van der Waals surface area contributed by atoms with Crippen LogP contribution in [-0.2, 0) is 4.79 Å². The van der Waals surface area contributed by atoms with Crippen LogP contribution in [0.15, 0.2) is 18.2 Å². The van der Waals surface area contributed by atoms with Gasteiger partial charge in [0.05, 0.1) is 0 Å². The highest BCUT2D eigenvalue weighted by Gasteiger charge is 2.29. The standard InChI is InChI=1S/C15H22N2O/c1-11-5-6-12(2)13(9-11)17-10-15(3,4)16-8-7-14(17)18/h5-6,9,16H,7-8,10H2,1-4H3. The van der Waals surface area contributed by atoms with Crippen LogP contribution >= 0.6 is 0 Å². The number of hydrogen-bond acceptors (Lipinski definition) is 2. The SMILES string of the molecule is Cc1ccc(C)c(N2CC(C)(C)NCCC2=O)c1. The maximum absolute atomic E-state index is 12.3. The molecule has 18 heavy (non-hydrogen) atoms. The number of rotatable bonds is 1. The maximum atomic E-state index is 12.3. The molecule has 1 aliphatic rings. The molecule has 0 spiro atoms. The predicted octanol–water partition coefficient (Wildman–Crippen LogP) is 2.41. The molecule has 3 heteroatoms. The van der Waals surface area contributed by atoms with E-state index in [1.165, 1.54) is 5.56 Å². The van der Waals surface area contributed by atoms with Crippen LogP contribution < -0.4 is 10.2 Å². The van der Waals surface area contributed by atoms with E-state index in [1.807, 2.05) is 4.90 Å². The normalized spacial score (nSPS) is 19.8. The lowest BCUT2D eigenvalue weighted by molar-refractivity contribution is -0.118. The van der Waals surface area contributed by atoms with Crippen LogP contribution in [0.1, 0.15) is 31.4 Å². The van der Waals surface area contributed by atoms with Crippen molar-refractivity contribution in [2.45, 2.75) is 39.7 Å². The van der Waals surface area contributed by atoms with Crippen molar-refractivity contribution in [2.24, 2.45) is 0 Å². The molecule has 98 valence electrons. The molecule has 0 saturated carbocycles. The van der Waals surface area contributed by atoms with Gasteiger partial charge in [-0.3, -0.25) is 4.79 Å². The van der Waals surface area contributed by atoms with E-state index in [4.69, 9.17) is 0 Å². The third kappa shape index (κ3) is 2.72. The lowest BCUT2D eigenvalue weighted by Crippen LogP contribution is -2.47. The lowest BCUT2D eigenvalue weighted by atomic mass is 10.0. The van der Waals surface area contributed by atoms with Gasteiger partial charge >= 0.3 is 0 Å². The molecule has 3 nitrogen and oxygen atoms in total. The minimum absolute atomic E-state index is 0.0393. The summed E-state index contributed by atoms with van der Waals surface area (Å²) < 4.78 is 0. The van der Waals surface area contributed by atoms with Crippen molar-refractivity contribution in [3.8, 4) is 0 Å². The second-order valence-electron chi connectivity index (χ2n) is 5.83. The molecular formula is C15H22N2O. The summed E-state index contributed by atoms with van der Waals surface area (Å²) in [5.41, 5.74) is 3.37.